The zero-order valence-corrected chi connectivity index (χ0v) is 23.0. The van der Waals surface area contributed by atoms with E-state index in [1.807, 2.05) is 50.2 Å². The second-order valence-electron chi connectivity index (χ2n) is 10.0. The van der Waals surface area contributed by atoms with Crippen LogP contribution in [0.3, 0.4) is 0 Å². The van der Waals surface area contributed by atoms with Crippen molar-refractivity contribution in [3.63, 3.8) is 0 Å². The average Bonchev–Trinajstić information content (AvgIpc) is 2.91. The number of amides is 1. The van der Waals surface area contributed by atoms with Crippen molar-refractivity contribution >= 4 is 21.9 Å². The van der Waals surface area contributed by atoms with Crippen LogP contribution in [-0.2, 0) is 20.2 Å². The molecule has 38 heavy (non-hydrogen) atoms. The highest BCUT2D eigenvalue weighted by molar-refractivity contribution is 7.89. The number of hydrogen-bond donors (Lipinski definition) is 4. The number of benzene rings is 2. The van der Waals surface area contributed by atoms with E-state index in [1.165, 1.54) is 0 Å². The molecule has 1 aliphatic rings. The summed E-state index contributed by atoms with van der Waals surface area (Å²) in [6.07, 6.45) is 0.684. The number of aliphatic hydroxyl groups excluding tert-OH is 1. The molecule has 11 heteroatoms. The van der Waals surface area contributed by atoms with Crippen LogP contribution in [0.25, 0.3) is 0 Å². The number of piperazine rings is 1. The van der Waals surface area contributed by atoms with E-state index >= 15 is 0 Å². The van der Waals surface area contributed by atoms with Crippen LogP contribution in [0, 0.1) is 0 Å². The molecule has 208 valence electrons. The van der Waals surface area contributed by atoms with Gasteiger partial charge in [0.15, 0.2) is 5.96 Å². The van der Waals surface area contributed by atoms with Gasteiger partial charge in [-0.15, -0.1) is 0 Å². The third-order valence-electron chi connectivity index (χ3n) is 7.00. The lowest BCUT2D eigenvalue weighted by molar-refractivity contribution is -0.135. The number of carbonyl (C=O) groups excluding carboxylic acids is 1. The lowest BCUT2D eigenvalue weighted by atomic mass is 9.78. The number of nitrogens with two attached hydrogens (primary N) is 2. The third-order valence-corrected chi connectivity index (χ3v) is 8.47. The monoisotopic (exact) mass is 544 g/mol. The van der Waals surface area contributed by atoms with Crippen LogP contribution in [0.5, 0.6) is 0 Å². The van der Waals surface area contributed by atoms with Gasteiger partial charge in [-0.1, -0.05) is 56.3 Å². The predicted molar refractivity (Wildman–Crippen MR) is 149 cm³/mol. The summed E-state index contributed by atoms with van der Waals surface area (Å²) in [6.45, 7) is 7.17. The van der Waals surface area contributed by atoms with Gasteiger partial charge in [-0.2, -0.15) is 4.72 Å². The molecule has 0 spiro atoms. The fourth-order valence-electron chi connectivity index (χ4n) is 4.62. The van der Waals surface area contributed by atoms with Gasteiger partial charge in [0.25, 0.3) is 0 Å². The molecule has 6 N–H and O–H groups in total. The Labute approximate surface area is 225 Å². The van der Waals surface area contributed by atoms with Crippen LogP contribution >= 0.6 is 0 Å². The summed E-state index contributed by atoms with van der Waals surface area (Å²) in [6, 6.07) is 15.8. The summed E-state index contributed by atoms with van der Waals surface area (Å²) in [5.74, 6) is -0.325. The first-order valence-corrected chi connectivity index (χ1v) is 14.4. The summed E-state index contributed by atoms with van der Waals surface area (Å²) in [4.78, 5) is 21.3. The molecular formula is C27H40N6O4S. The quantitative estimate of drug-likeness (QED) is 0.175. The Balaban J connectivity index is 1.81. The number of carbonyl (C=O) groups is 1. The summed E-state index contributed by atoms with van der Waals surface area (Å²) in [5, 5.41) is 9.18. The molecule has 0 bridgehead atoms. The SMILES string of the molecule is CC(C)(c1ccccc1)c1cccc(S(=O)(=O)NC(CCCN=C(N)N)C(=O)N2CCN(CCO)CC2)c1. The molecule has 1 amide bonds. The normalized spacial score (nSPS) is 15.7. The molecule has 1 saturated heterocycles. The molecular weight excluding hydrogens is 504 g/mol. The van der Waals surface area contributed by atoms with Crippen LogP contribution < -0.4 is 16.2 Å². The van der Waals surface area contributed by atoms with Crippen molar-refractivity contribution in [3.05, 3.63) is 65.7 Å². The highest BCUT2D eigenvalue weighted by Crippen LogP contribution is 2.32. The molecule has 2 aromatic carbocycles. The summed E-state index contributed by atoms with van der Waals surface area (Å²) >= 11 is 0. The lowest BCUT2D eigenvalue weighted by Crippen LogP contribution is -2.55. The second-order valence-corrected chi connectivity index (χ2v) is 11.7. The number of β-amino-alcohol motifs (C(OH)–C–C–N with tert-alkyl or cyclic N) is 1. The standard InChI is InChI=1S/C27H40N6O4S/c1-27(2,21-8-4-3-5-9-21)22-10-6-11-23(20-22)38(36,37)31-24(12-7-13-30-26(28)29)25(35)33-16-14-32(15-17-33)18-19-34/h3-6,8-11,20,24,31,34H,7,12-19H2,1-2H3,(H4,28,29,30). The van der Waals surface area contributed by atoms with E-state index in [0.29, 0.717) is 45.7 Å². The molecule has 0 saturated carbocycles. The van der Waals surface area contributed by atoms with Crippen LogP contribution in [0.4, 0.5) is 0 Å². The predicted octanol–water partition coefficient (Wildman–Crippen LogP) is 0.850. The summed E-state index contributed by atoms with van der Waals surface area (Å²) in [7, 11) is -4.01. The molecule has 1 heterocycles. The largest absolute Gasteiger partial charge is 0.395 e. The van der Waals surface area contributed by atoms with Crippen LogP contribution in [0.2, 0.25) is 0 Å². The van der Waals surface area contributed by atoms with Crippen LogP contribution in [-0.4, -0.2) is 87.1 Å². The van der Waals surface area contributed by atoms with E-state index in [-0.39, 0.29) is 29.8 Å². The van der Waals surface area contributed by atoms with Crippen LogP contribution in [0.15, 0.2) is 64.5 Å². The fourth-order valence-corrected chi connectivity index (χ4v) is 5.89. The van der Waals surface area contributed by atoms with E-state index in [4.69, 9.17) is 11.5 Å². The Bertz CT molecular complexity index is 1190. The number of hydrogen-bond acceptors (Lipinski definition) is 6. The van der Waals surface area contributed by atoms with Crippen molar-refractivity contribution in [2.24, 2.45) is 16.5 Å². The van der Waals surface area contributed by atoms with Gasteiger partial charge in [-0.3, -0.25) is 14.7 Å². The molecule has 3 rings (SSSR count). The minimum absolute atomic E-state index is 0.0497. The highest BCUT2D eigenvalue weighted by atomic mass is 32.2. The molecule has 0 aromatic heterocycles. The fraction of sp³-hybridized carbons (Fsp3) is 0.481. The molecule has 0 radical (unpaired) electrons. The van der Waals surface area contributed by atoms with Gasteiger partial charge in [0.1, 0.15) is 6.04 Å². The van der Waals surface area contributed by atoms with Crippen molar-refractivity contribution in [3.8, 4) is 0 Å². The van der Waals surface area contributed by atoms with E-state index in [2.05, 4.69) is 14.6 Å². The minimum Gasteiger partial charge on any atom is -0.395 e. The molecule has 1 aliphatic heterocycles. The molecule has 0 aliphatic carbocycles. The molecule has 10 nitrogen and oxygen atoms in total. The molecule has 2 aromatic rings. The van der Waals surface area contributed by atoms with Crippen molar-refractivity contribution in [1.82, 2.24) is 14.5 Å². The maximum atomic E-state index is 13.5. The van der Waals surface area contributed by atoms with E-state index in [0.717, 1.165) is 11.1 Å². The minimum atomic E-state index is -4.01. The Kier molecular flexibility index (Phi) is 10.3. The maximum absolute atomic E-state index is 13.5. The van der Waals surface area contributed by atoms with Gasteiger partial charge in [-0.05, 0) is 36.1 Å². The van der Waals surface area contributed by atoms with E-state index in [1.54, 1.807) is 23.1 Å². The first kappa shape index (κ1) is 29.6. The number of nitrogens with one attached hydrogen (secondary N) is 1. The van der Waals surface area contributed by atoms with Crippen molar-refractivity contribution in [2.45, 2.75) is 43.0 Å². The highest BCUT2D eigenvalue weighted by Gasteiger charge is 2.32. The van der Waals surface area contributed by atoms with Gasteiger partial charge in [0.2, 0.25) is 15.9 Å². The number of rotatable bonds is 12. The van der Waals surface area contributed by atoms with Gasteiger partial charge in [-0.25, -0.2) is 8.42 Å². The first-order chi connectivity index (χ1) is 18.0. The van der Waals surface area contributed by atoms with Crippen molar-refractivity contribution in [1.29, 1.82) is 0 Å². The second kappa shape index (κ2) is 13.2. The number of nitrogens with zero attached hydrogens (tertiary/aromatic N) is 3. The number of aliphatic imine (C=N–C) groups is 1. The van der Waals surface area contributed by atoms with Gasteiger partial charge < -0.3 is 21.5 Å². The topological polar surface area (TPSA) is 154 Å². The Morgan fingerprint density at radius 1 is 1.05 bits per heavy atom. The summed E-state index contributed by atoms with van der Waals surface area (Å²) < 4.78 is 29.7. The lowest BCUT2D eigenvalue weighted by Gasteiger charge is -2.36. The van der Waals surface area contributed by atoms with E-state index in [9.17, 15) is 18.3 Å². The van der Waals surface area contributed by atoms with Crippen LogP contribution in [0.1, 0.15) is 37.8 Å². The molecule has 1 fully saturated rings. The third kappa shape index (κ3) is 7.76. The number of aliphatic hydroxyl groups is 1. The first-order valence-electron chi connectivity index (χ1n) is 12.9. The number of guanidine groups is 1. The number of sulfonamides is 1. The molecule has 1 atom stereocenters. The maximum Gasteiger partial charge on any atom is 0.241 e. The van der Waals surface area contributed by atoms with Crippen molar-refractivity contribution < 1.29 is 18.3 Å². The molecule has 1 unspecified atom stereocenters. The van der Waals surface area contributed by atoms with E-state index < -0.39 is 21.5 Å². The van der Waals surface area contributed by atoms with Crippen molar-refractivity contribution in [2.75, 3.05) is 45.9 Å². The van der Waals surface area contributed by atoms with Gasteiger partial charge >= 0.3 is 0 Å². The smallest absolute Gasteiger partial charge is 0.241 e. The zero-order valence-electron chi connectivity index (χ0n) is 22.2. The Morgan fingerprint density at radius 3 is 2.34 bits per heavy atom. The zero-order chi connectivity index (χ0) is 27.8. The Morgan fingerprint density at radius 2 is 1.71 bits per heavy atom. The average molecular weight is 545 g/mol. The summed E-state index contributed by atoms with van der Waals surface area (Å²) in [5.41, 5.74) is 12.3. The van der Waals surface area contributed by atoms with Gasteiger partial charge in [0.05, 0.1) is 11.5 Å². The Hall–Kier alpha value is -2.99. The van der Waals surface area contributed by atoms with Gasteiger partial charge in [0, 0.05) is 44.7 Å².